The molecule has 1 aromatic rings. The van der Waals surface area contributed by atoms with Gasteiger partial charge in [0, 0.05) is 22.8 Å². The predicted octanol–water partition coefficient (Wildman–Crippen LogP) is 5.19. The molecule has 0 aromatic heterocycles. The zero-order valence-corrected chi connectivity index (χ0v) is 14.3. The van der Waals surface area contributed by atoms with Crippen LogP contribution in [-0.2, 0) is 6.42 Å². The fourth-order valence-electron chi connectivity index (χ4n) is 3.45. The van der Waals surface area contributed by atoms with E-state index in [4.69, 9.17) is 12.2 Å². The molecule has 0 saturated carbocycles. The highest BCUT2D eigenvalue weighted by Crippen LogP contribution is 2.36. The van der Waals surface area contributed by atoms with E-state index in [1.54, 1.807) is 0 Å². The van der Waals surface area contributed by atoms with E-state index in [0.29, 0.717) is 5.92 Å². The van der Waals surface area contributed by atoms with Gasteiger partial charge >= 0.3 is 0 Å². The van der Waals surface area contributed by atoms with Crippen molar-refractivity contribution in [3.05, 3.63) is 52.6 Å². The van der Waals surface area contributed by atoms with Gasteiger partial charge in [-0.1, -0.05) is 68.9 Å². The summed E-state index contributed by atoms with van der Waals surface area (Å²) in [7, 11) is 0. The molecule has 0 fully saturated rings. The second-order valence-corrected chi connectivity index (χ2v) is 7.36. The lowest BCUT2D eigenvalue weighted by atomic mass is 9.87. The summed E-state index contributed by atoms with van der Waals surface area (Å²) in [5, 5.41) is 0. The first-order valence-corrected chi connectivity index (χ1v) is 8.48. The van der Waals surface area contributed by atoms with Crippen molar-refractivity contribution in [3.63, 3.8) is 0 Å². The molecule has 1 atom stereocenters. The first-order chi connectivity index (χ1) is 10.5. The summed E-state index contributed by atoms with van der Waals surface area (Å²) in [5.41, 5.74) is 5.57. The molecule has 2 aliphatic carbocycles. The largest absolute Gasteiger partial charge is 0.294 e. The molecule has 114 valence electrons. The molecule has 3 rings (SSSR count). The van der Waals surface area contributed by atoms with E-state index in [1.807, 2.05) is 6.92 Å². The number of fused-ring (bicyclic) bond motifs is 1. The standard InChI is InChI=1S/C20H22OS/c1-12(2)9-14-7-8-18(22)17(11-14)16-6-4-5-15-10-13(3)20(21)19(15)16/h4-7,11-13H,8-10H2,1-3H3. The van der Waals surface area contributed by atoms with Crippen molar-refractivity contribution in [1.82, 2.24) is 0 Å². The maximum atomic E-state index is 12.5. The van der Waals surface area contributed by atoms with Gasteiger partial charge in [0.15, 0.2) is 5.78 Å². The van der Waals surface area contributed by atoms with Gasteiger partial charge in [0.25, 0.3) is 0 Å². The number of thiocarbonyl (C=S) groups is 1. The van der Waals surface area contributed by atoms with Gasteiger partial charge in [-0.25, -0.2) is 0 Å². The highest BCUT2D eigenvalue weighted by molar-refractivity contribution is 7.81. The Balaban J connectivity index is 2.06. The lowest BCUT2D eigenvalue weighted by Gasteiger charge is -2.18. The summed E-state index contributed by atoms with van der Waals surface area (Å²) in [6, 6.07) is 6.20. The smallest absolute Gasteiger partial charge is 0.166 e. The fourth-order valence-corrected chi connectivity index (χ4v) is 3.71. The van der Waals surface area contributed by atoms with E-state index in [9.17, 15) is 4.79 Å². The second kappa shape index (κ2) is 5.92. The number of hydrogen-bond acceptors (Lipinski definition) is 2. The molecule has 22 heavy (non-hydrogen) atoms. The average molecular weight is 310 g/mol. The van der Waals surface area contributed by atoms with Gasteiger partial charge in [0.2, 0.25) is 0 Å². The normalized spacial score (nSPS) is 21.0. The molecule has 0 radical (unpaired) electrons. The molecule has 1 aromatic carbocycles. The second-order valence-electron chi connectivity index (χ2n) is 6.87. The van der Waals surface area contributed by atoms with Crippen LogP contribution < -0.4 is 0 Å². The quantitative estimate of drug-likeness (QED) is 0.715. The summed E-state index contributed by atoms with van der Waals surface area (Å²) >= 11 is 5.59. The minimum absolute atomic E-state index is 0.0968. The topological polar surface area (TPSA) is 17.1 Å². The molecule has 0 N–H and O–H groups in total. The number of allylic oxidation sites excluding steroid dienone is 4. The van der Waals surface area contributed by atoms with Gasteiger partial charge in [-0.3, -0.25) is 4.79 Å². The highest BCUT2D eigenvalue weighted by Gasteiger charge is 2.31. The molecule has 0 aliphatic heterocycles. The summed E-state index contributed by atoms with van der Waals surface area (Å²) in [6.07, 6.45) is 7.18. The van der Waals surface area contributed by atoms with Crippen molar-refractivity contribution < 1.29 is 4.79 Å². The van der Waals surface area contributed by atoms with E-state index >= 15 is 0 Å². The molecule has 0 spiro atoms. The van der Waals surface area contributed by atoms with Crippen LogP contribution in [-0.4, -0.2) is 10.6 Å². The Hall–Kier alpha value is -1.54. The van der Waals surface area contributed by atoms with E-state index in [1.165, 1.54) is 11.1 Å². The Morgan fingerprint density at radius 3 is 2.82 bits per heavy atom. The van der Waals surface area contributed by atoms with Crippen LogP contribution in [0.5, 0.6) is 0 Å². The van der Waals surface area contributed by atoms with Crippen LogP contribution in [0.25, 0.3) is 5.57 Å². The molecule has 0 saturated heterocycles. The van der Waals surface area contributed by atoms with E-state index in [2.05, 4.69) is 44.2 Å². The third kappa shape index (κ3) is 2.72. The molecular weight excluding hydrogens is 288 g/mol. The summed E-state index contributed by atoms with van der Waals surface area (Å²) in [6.45, 7) is 6.48. The fraction of sp³-hybridized carbons (Fsp3) is 0.400. The van der Waals surface area contributed by atoms with Gasteiger partial charge in [0.05, 0.1) is 0 Å². The number of benzene rings is 1. The van der Waals surface area contributed by atoms with Crippen molar-refractivity contribution in [2.75, 3.05) is 0 Å². The molecule has 0 heterocycles. The SMILES string of the molecule is CC(C)CC1=CCC(=S)C(c2cccc3c2C(=O)C(C)C3)=C1. The number of Topliss-reactive ketones (excluding diaryl/α,β-unsaturated/α-hetero) is 1. The van der Waals surface area contributed by atoms with Gasteiger partial charge < -0.3 is 0 Å². The Morgan fingerprint density at radius 2 is 2.09 bits per heavy atom. The lowest BCUT2D eigenvalue weighted by molar-refractivity contribution is 0.0946. The maximum absolute atomic E-state index is 12.5. The molecular formula is C20H22OS. The molecule has 0 bridgehead atoms. The minimum atomic E-state index is 0.0968. The van der Waals surface area contributed by atoms with Crippen LogP contribution in [0.15, 0.2) is 35.9 Å². The third-order valence-electron chi connectivity index (χ3n) is 4.48. The van der Waals surface area contributed by atoms with Gasteiger partial charge in [0.1, 0.15) is 0 Å². The van der Waals surface area contributed by atoms with Crippen LogP contribution in [0.4, 0.5) is 0 Å². The first-order valence-electron chi connectivity index (χ1n) is 8.07. The van der Waals surface area contributed by atoms with Crippen LogP contribution in [0.2, 0.25) is 0 Å². The minimum Gasteiger partial charge on any atom is -0.294 e. The Labute approximate surface area is 138 Å². The van der Waals surface area contributed by atoms with E-state index in [-0.39, 0.29) is 11.7 Å². The average Bonchev–Trinajstić information content (AvgIpc) is 2.76. The molecule has 1 unspecified atom stereocenters. The van der Waals surface area contributed by atoms with Crippen LogP contribution in [0.1, 0.15) is 55.1 Å². The van der Waals surface area contributed by atoms with Crippen LogP contribution >= 0.6 is 12.2 Å². The number of hydrogen-bond donors (Lipinski definition) is 0. The lowest BCUT2D eigenvalue weighted by Crippen LogP contribution is -2.10. The summed E-state index contributed by atoms with van der Waals surface area (Å²) in [4.78, 5) is 13.5. The van der Waals surface area contributed by atoms with Crippen LogP contribution in [0.3, 0.4) is 0 Å². The number of ketones is 1. The van der Waals surface area contributed by atoms with Crippen LogP contribution in [0, 0.1) is 11.8 Å². The van der Waals surface area contributed by atoms with Gasteiger partial charge in [-0.2, -0.15) is 0 Å². The Kier molecular flexibility index (Phi) is 4.14. The maximum Gasteiger partial charge on any atom is 0.166 e. The summed E-state index contributed by atoms with van der Waals surface area (Å²) < 4.78 is 0. The van der Waals surface area contributed by atoms with Crippen molar-refractivity contribution in [3.8, 4) is 0 Å². The molecule has 2 aliphatic rings. The molecule has 1 nitrogen and oxygen atoms in total. The van der Waals surface area contributed by atoms with Crippen molar-refractivity contribution in [1.29, 1.82) is 0 Å². The van der Waals surface area contributed by atoms with Gasteiger partial charge in [-0.05, 0) is 35.5 Å². The van der Waals surface area contributed by atoms with E-state index in [0.717, 1.165) is 40.8 Å². The van der Waals surface area contributed by atoms with E-state index < -0.39 is 0 Å². The number of carbonyl (C=O) groups excluding carboxylic acids is 1. The monoisotopic (exact) mass is 310 g/mol. The zero-order valence-electron chi connectivity index (χ0n) is 13.5. The third-order valence-corrected chi connectivity index (χ3v) is 4.87. The van der Waals surface area contributed by atoms with Crippen molar-refractivity contribution >= 4 is 28.4 Å². The Bertz CT molecular complexity index is 706. The van der Waals surface area contributed by atoms with Gasteiger partial charge in [-0.15, -0.1) is 0 Å². The Morgan fingerprint density at radius 1 is 1.32 bits per heavy atom. The zero-order chi connectivity index (χ0) is 15.9. The van der Waals surface area contributed by atoms with Crippen molar-refractivity contribution in [2.45, 2.75) is 40.0 Å². The predicted molar refractivity (Wildman–Crippen MR) is 96.4 cm³/mol. The highest BCUT2D eigenvalue weighted by atomic mass is 32.1. The number of carbonyl (C=O) groups is 1. The molecule has 2 heteroatoms. The number of rotatable bonds is 3. The molecule has 0 amide bonds. The first kappa shape index (κ1) is 15.4. The van der Waals surface area contributed by atoms with Crippen molar-refractivity contribution in [2.24, 2.45) is 11.8 Å². The summed E-state index contributed by atoms with van der Waals surface area (Å²) in [5.74, 6) is 0.993.